The molecule has 1 spiro atoms. The zero-order valence-electron chi connectivity index (χ0n) is 12.9. The van der Waals surface area contributed by atoms with E-state index in [1.807, 2.05) is 11.8 Å². The van der Waals surface area contributed by atoms with Gasteiger partial charge in [-0.15, -0.1) is 0 Å². The van der Waals surface area contributed by atoms with Gasteiger partial charge < -0.3 is 5.32 Å². The average Bonchev–Trinajstić information content (AvgIpc) is 2.42. The van der Waals surface area contributed by atoms with Gasteiger partial charge in [-0.25, -0.2) is 0 Å². The van der Waals surface area contributed by atoms with Gasteiger partial charge in [0.15, 0.2) is 5.17 Å². The van der Waals surface area contributed by atoms with E-state index < -0.39 is 0 Å². The van der Waals surface area contributed by atoms with Gasteiger partial charge in [0.1, 0.15) is 0 Å². The SMILES string of the molecule is CCC(C)CC(C)NC1=NCC2(CCCCC2)CS1. The molecular weight excluding hydrogens is 252 g/mol. The molecule has 0 bridgehead atoms. The summed E-state index contributed by atoms with van der Waals surface area (Å²) in [5.74, 6) is 2.09. The third kappa shape index (κ3) is 4.40. The molecule has 2 nitrogen and oxygen atoms in total. The maximum absolute atomic E-state index is 4.85. The predicted molar refractivity (Wildman–Crippen MR) is 86.9 cm³/mol. The first kappa shape index (κ1) is 15.2. The van der Waals surface area contributed by atoms with Crippen LogP contribution in [0.5, 0.6) is 0 Å². The number of nitrogens with one attached hydrogen (secondary N) is 1. The fourth-order valence-electron chi connectivity index (χ4n) is 3.28. The summed E-state index contributed by atoms with van der Waals surface area (Å²) < 4.78 is 0. The van der Waals surface area contributed by atoms with Gasteiger partial charge in [0.05, 0.1) is 0 Å². The minimum absolute atomic E-state index is 0.550. The highest BCUT2D eigenvalue weighted by Gasteiger charge is 2.34. The van der Waals surface area contributed by atoms with Crippen LogP contribution < -0.4 is 5.32 Å². The summed E-state index contributed by atoms with van der Waals surface area (Å²) in [4.78, 5) is 4.85. The van der Waals surface area contributed by atoms with Gasteiger partial charge in [-0.05, 0) is 37.5 Å². The summed E-state index contributed by atoms with van der Waals surface area (Å²) >= 11 is 1.97. The van der Waals surface area contributed by atoms with Crippen molar-refractivity contribution in [3.63, 3.8) is 0 Å². The minimum Gasteiger partial charge on any atom is -0.362 e. The van der Waals surface area contributed by atoms with Crippen molar-refractivity contribution in [1.82, 2.24) is 5.32 Å². The van der Waals surface area contributed by atoms with Crippen LogP contribution in [0.1, 0.15) is 65.7 Å². The van der Waals surface area contributed by atoms with Gasteiger partial charge in [0.25, 0.3) is 0 Å². The van der Waals surface area contributed by atoms with Gasteiger partial charge >= 0.3 is 0 Å². The maximum Gasteiger partial charge on any atom is 0.156 e. The Morgan fingerprint density at radius 3 is 2.58 bits per heavy atom. The van der Waals surface area contributed by atoms with Gasteiger partial charge in [0, 0.05) is 18.3 Å². The number of hydrogen-bond acceptors (Lipinski definition) is 3. The minimum atomic E-state index is 0.550. The van der Waals surface area contributed by atoms with E-state index in [0.29, 0.717) is 11.5 Å². The Morgan fingerprint density at radius 2 is 2.00 bits per heavy atom. The summed E-state index contributed by atoms with van der Waals surface area (Å²) in [6.07, 6.45) is 9.61. The molecule has 1 heterocycles. The van der Waals surface area contributed by atoms with Crippen LogP contribution in [0.15, 0.2) is 4.99 Å². The lowest BCUT2D eigenvalue weighted by molar-refractivity contribution is 0.232. The van der Waals surface area contributed by atoms with Crippen molar-refractivity contribution >= 4 is 16.9 Å². The fourth-order valence-corrected chi connectivity index (χ4v) is 4.55. The maximum atomic E-state index is 4.85. The molecule has 0 aromatic carbocycles. The Labute approximate surface area is 123 Å². The third-order valence-corrected chi connectivity index (χ3v) is 6.09. The zero-order chi connectivity index (χ0) is 13.7. The lowest BCUT2D eigenvalue weighted by Crippen LogP contribution is -2.39. The molecule has 110 valence electrons. The molecule has 2 aliphatic rings. The average molecular weight is 282 g/mol. The molecular formula is C16H30N2S. The molecule has 1 N–H and O–H groups in total. The van der Waals surface area contributed by atoms with E-state index in [9.17, 15) is 0 Å². The Bertz CT molecular complexity index is 308. The number of aliphatic imine (C=N–C) groups is 1. The molecule has 3 heteroatoms. The third-order valence-electron chi connectivity index (χ3n) is 4.81. The second kappa shape index (κ2) is 7.01. The van der Waals surface area contributed by atoms with Crippen LogP contribution in [0.25, 0.3) is 0 Å². The van der Waals surface area contributed by atoms with Crippen LogP contribution in [0.2, 0.25) is 0 Å². The molecule has 0 amide bonds. The van der Waals surface area contributed by atoms with E-state index in [1.165, 1.54) is 55.9 Å². The monoisotopic (exact) mass is 282 g/mol. The first-order valence-corrected chi connectivity index (χ1v) is 9.06. The molecule has 0 radical (unpaired) electrons. The van der Waals surface area contributed by atoms with Crippen molar-refractivity contribution in [3.8, 4) is 0 Å². The zero-order valence-corrected chi connectivity index (χ0v) is 13.7. The van der Waals surface area contributed by atoms with Crippen molar-refractivity contribution in [3.05, 3.63) is 0 Å². The summed E-state index contributed by atoms with van der Waals surface area (Å²) in [7, 11) is 0. The van der Waals surface area contributed by atoms with Gasteiger partial charge in [-0.2, -0.15) is 0 Å². The van der Waals surface area contributed by atoms with Crippen LogP contribution in [0.3, 0.4) is 0 Å². The van der Waals surface area contributed by atoms with Crippen LogP contribution in [-0.4, -0.2) is 23.5 Å². The standard InChI is InChI=1S/C16H30N2S/c1-4-13(2)10-14(3)18-15-17-11-16(12-19-15)8-6-5-7-9-16/h13-14H,4-12H2,1-3H3,(H,17,18). The molecule has 1 fully saturated rings. The fraction of sp³-hybridized carbons (Fsp3) is 0.938. The quantitative estimate of drug-likeness (QED) is 0.823. The Morgan fingerprint density at radius 1 is 1.26 bits per heavy atom. The van der Waals surface area contributed by atoms with Crippen LogP contribution in [-0.2, 0) is 0 Å². The van der Waals surface area contributed by atoms with E-state index in [1.54, 1.807) is 0 Å². The number of amidine groups is 1. The smallest absolute Gasteiger partial charge is 0.156 e. The highest BCUT2D eigenvalue weighted by atomic mass is 32.2. The van der Waals surface area contributed by atoms with Crippen LogP contribution >= 0.6 is 11.8 Å². The molecule has 2 rings (SSSR count). The number of rotatable bonds is 4. The van der Waals surface area contributed by atoms with Crippen LogP contribution in [0.4, 0.5) is 0 Å². The predicted octanol–water partition coefficient (Wildman–Crippen LogP) is 4.45. The molecule has 0 aromatic rings. The van der Waals surface area contributed by atoms with Gasteiger partial charge in [-0.1, -0.05) is 51.3 Å². The lowest BCUT2D eigenvalue weighted by atomic mass is 9.75. The van der Waals surface area contributed by atoms with E-state index in [2.05, 4.69) is 26.1 Å². The highest BCUT2D eigenvalue weighted by Crippen LogP contribution is 2.41. The molecule has 0 saturated heterocycles. The van der Waals surface area contributed by atoms with E-state index in [-0.39, 0.29) is 0 Å². The largest absolute Gasteiger partial charge is 0.362 e. The van der Waals surface area contributed by atoms with Crippen molar-refractivity contribution in [1.29, 1.82) is 0 Å². The molecule has 0 aromatic heterocycles. The summed E-state index contributed by atoms with van der Waals surface area (Å²) in [6.45, 7) is 7.97. The van der Waals surface area contributed by atoms with E-state index in [0.717, 1.165) is 12.5 Å². The first-order chi connectivity index (χ1) is 9.13. The van der Waals surface area contributed by atoms with E-state index >= 15 is 0 Å². The Kier molecular flexibility index (Phi) is 5.61. The van der Waals surface area contributed by atoms with Crippen molar-refractivity contribution in [2.75, 3.05) is 12.3 Å². The first-order valence-electron chi connectivity index (χ1n) is 8.07. The second-order valence-corrected chi connectivity index (χ2v) is 7.73. The normalized spacial score (nSPS) is 25.7. The Balaban J connectivity index is 1.80. The number of hydrogen-bond donors (Lipinski definition) is 1. The number of nitrogens with zero attached hydrogens (tertiary/aromatic N) is 1. The Hall–Kier alpha value is -0.180. The highest BCUT2D eigenvalue weighted by molar-refractivity contribution is 8.13. The molecule has 19 heavy (non-hydrogen) atoms. The molecule has 1 aliphatic heterocycles. The molecule has 2 unspecified atom stereocenters. The summed E-state index contributed by atoms with van der Waals surface area (Å²) in [5, 5.41) is 4.82. The molecule has 2 atom stereocenters. The lowest BCUT2D eigenvalue weighted by Gasteiger charge is -2.38. The number of thioether (sulfide) groups is 1. The second-order valence-electron chi connectivity index (χ2n) is 6.77. The molecule has 1 saturated carbocycles. The summed E-state index contributed by atoms with van der Waals surface area (Å²) in [5.41, 5.74) is 0.550. The summed E-state index contributed by atoms with van der Waals surface area (Å²) in [6, 6.07) is 0.557. The van der Waals surface area contributed by atoms with Gasteiger partial charge in [-0.3, -0.25) is 4.99 Å². The molecule has 1 aliphatic carbocycles. The topological polar surface area (TPSA) is 24.4 Å². The van der Waals surface area contributed by atoms with E-state index in [4.69, 9.17) is 4.99 Å². The van der Waals surface area contributed by atoms with Crippen molar-refractivity contribution in [2.45, 2.75) is 71.8 Å². The van der Waals surface area contributed by atoms with Gasteiger partial charge in [0.2, 0.25) is 0 Å². The van der Waals surface area contributed by atoms with Crippen molar-refractivity contribution < 1.29 is 0 Å². The van der Waals surface area contributed by atoms with Crippen molar-refractivity contribution in [2.24, 2.45) is 16.3 Å². The van der Waals surface area contributed by atoms with Crippen LogP contribution in [0, 0.1) is 11.3 Å².